The number of nitrogens with two attached hydrogens (primary N) is 2. The van der Waals surface area contributed by atoms with Crippen LogP contribution in [0.1, 0.15) is 45.7 Å². The van der Waals surface area contributed by atoms with Crippen LogP contribution in [-0.2, 0) is 30.4 Å². The summed E-state index contributed by atoms with van der Waals surface area (Å²) in [6.45, 7) is 5.19. The number of hydrogen-bond acceptors (Lipinski definition) is 7. The molecule has 1 aromatic rings. The Bertz CT molecular complexity index is 827. The van der Waals surface area contributed by atoms with Crippen molar-refractivity contribution < 1.29 is 29.1 Å². The fourth-order valence-electron chi connectivity index (χ4n) is 2.94. The molecule has 1 heterocycles. The number of aliphatic carboxylic acids is 1. The molecule has 0 saturated heterocycles. The Morgan fingerprint density at radius 1 is 1.03 bits per heavy atom. The summed E-state index contributed by atoms with van der Waals surface area (Å²) in [4.78, 5) is 66.6. The maximum atomic E-state index is 12.8. The third kappa shape index (κ3) is 10.1. The van der Waals surface area contributed by atoms with Crippen LogP contribution >= 0.6 is 0 Å². The number of primary amides is 1. The SMILES string of the molecule is CC(C)CC(N)C(=O)NC(Cc1cnc[nH]1)C(=O)NC(C)C(=O)NC(CCC(N)=O)C(=O)O. The molecule has 33 heavy (non-hydrogen) atoms. The van der Waals surface area contributed by atoms with Crippen LogP contribution in [0, 0.1) is 5.92 Å². The number of carboxylic acid groups (broad SMARTS) is 1. The number of rotatable bonds is 14. The highest BCUT2D eigenvalue weighted by Crippen LogP contribution is 2.05. The van der Waals surface area contributed by atoms with E-state index in [1.807, 2.05) is 13.8 Å². The molecule has 1 rings (SSSR count). The van der Waals surface area contributed by atoms with E-state index in [2.05, 4.69) is 25.9 Å². The molecule has 13 heteroatoms. The second-order valence-corrected chi connectivity index (χ2v) is 8.21. The summed E-state index contributed by atoms with van der Waals surface area (Å²) in [5.74, 6) is -3.83. The second kappa shape index (κ2) is 13.2. The number of carboxylic acids is 1. The van der Waals surface area contributed by atoms with E-state index in [0.29, 0.717) is 12.1 Å². The number of carbonyl (C=O) groups excluding carboxylic acids is 4. The normalized spacial score (nSPS) is 14.6. The Kier molecular flexibility index (Phi) is 11.0. The smallest absolute Gasteiger partial charge is 0.326 e. The predicted octanol–water partition coefficient (Wildman–Crippen LogP) is -1.85. The lowest BCUT2D eigenvalue weighted by Crippen LogP contribution is -2.57. The highest BCUT2D eigenvalue weighted by atomic mass is 16.4. The van der Waals surface area contributed by atoms with Crippen LogP contribution in [0.15, 0.2) is 12.5 Å². The molecule has 4 unspecified atom stereocenters. The van der Waals surface area contributed by atoms with Gasteiger partial charge in [0.15, 0.2) is 0 Å². The Morgan fingerprint density at radius 2 is 1.67 bits per heavy atom. The van der Waals surface area contributed by atoms with Gasteiger partial charge in [-0.15, -0.1) is 0 Å². The fourth-order valence-corrected chi connectivity index (χ4v) is 2.94. The zero-order chi connectivity index (χ0) is 25.1. The van der Waals surface area contributed by atoms with E-state index in [1.165, 1.54) is 19.4 Å². The van der Waals surface area contributed by atoms with Gasteiger partial charge in [-0.3, -0.25) is 19.2 Å². The summed E-state index contributed by atoms with van der Waals surface area (Å²) in [5.41, 5.74) is 11.5. The second-order valence-electron chi connectivity index (χ2n) is 8.21. The molecule has 0 aliphatic carbocycles. The van der Waals surface area contributed by atoms with Crippen LogP contribution in [-0.4, -0.2) is 68.8 Å². The first-order chi connectivity index (χ1) is 15.4. The first kappa shape index (κ1) is 27.6. The monoisotopic (exact) mass is 467 g/mol. The molecule has 0 radical (unpaired) electrons. The molecule has 0 aromatic carbocycles. The summed E-state index contributed by atoms with van der Waals surface area (Å²) in [6.07, 6.45) is 2.98. The van der Waals surface area contributed by atoms with Gasteiger partial charge in [0.05, 0.1) is 12.4 Å². The average Bonchev–Trinajstić information content (AvgIpc) is 3.22. The largest absolute Gasteiger partial charge is 0.480 e. The van der Waals surface area contributed by atoms with Gasteiger partial charge in [-0.25, -0.2) is 9.78 Å². The van der Waals surface area contributed by atoms with Crippen LogP contribution in [0.3, 0.4) is 0 Å². The zero-order valence-corrected chi connectivity index (χ0v) is 19.0. The van der Waals surface area contributed by atoms with Gasteiger partial charge in [0.25, 0.3) is 0 Å². The Balaban J connectivity index is 2.83. The highest BCUT2D eigenvalue weighted by Gasteiger charge is 2.29. The van der Waals surface area contributed by atoms with E-state index in [4.69, 9.17) is 11.5 Å². The minimum absolute atomic E-state index is 0.0661. The number of aromatic amines is 1. The van der Waals surface area contributed by atoms with Crippen molar-refractivity contribution in [3.63, 3.8) is 0 Å². The molecule has 0 aliphatic heterocycles. The average molecular weight is 468 g/mol. The number of aromatic nitrogens is 2. The number of hydrogen-bond donors (Lipinski definition) is 7. The van der Waals surface area contributed by atoms with Crippen LogP contribution in [0.4, 0.5) is 0 Å². The number of nitrogens with one attached hydrogen (secondary N) is 4. The molecular formula is C20H33N7O6. The first-order valence-corrected chi connectivity index (χ1v) is 10.6. The maximum Gasteiger partial charge on any atom is 0.326 e. The topological polar surface area (TPSA) is 222 Å². The molecule has 0 bridgehead atoms. The lowest BCUT2D eigenvalue weighted by atomic mass is 10.0. The number of imidazole rings is 1. The molecule has 4 amide bonds. The molecule has 1 aromatic heterocycles. The third-order valence-electron chi connectivity index (χ3n) is 4.72. The van der Waals surface area contributed by atoms with Gasteiger partial charge >= 0.3 is 5.97 Å². The first-order valence-electron chi connectivity index (χ1n) is 10.6. The van der Waals surface area contributed by atoms with Crippen molar-refractivity contribution in [2.24, 2.45) is 17.4 Å². The molecule has 13 nitrogen and oxygen atoms in total. The van der Waals surface area contributed by atoms with Crippen LogP contribution in [0.25, 0.3) is 0 Å². The van der Waals surface area contributed by atoms with Gasteiger partial charge in [0.1, 0.15) is 18.1 Å². The lowest BCUT2D eigenvalue weighted by Gasteiger charge is -2.23. The molecular weight excluding hydrogens is 434 g/mol. The minimum Gasteiger partial charge on any atom is -0.480 e. The minimum atomic E-state index is -1.35. The van der Waals surface area contributed by atoms with Crippen molar-refractivity contribution in [3.8, 4) is 0 Å². The highest BCUT2D eigenvalue weighted by molar-refractivity contribution is 5.94. The van der Waals surface area contributed by atoms with Crippen molar-refractivity contribution >= 4 is 29.6 Å². The summed E-state index contributed by atoms with van der Waals surface area (Å²) in [5, 5.41) is 16.5. The van der Waals surface area contributed by atoms with E-state index < -0.39 is 53.8 Å². The number of amides is 4. The van der Waals surface area contributed by atoms with E-state index in [1.54, 1.807) is 0 Å². The lowest BCUT2D eigenvalue weighted by molar-refractivity contribution is -0.142. The standard InChI is InChI=1S/C20H33N7O6/c1-10(2)6-13(21)18(30)27-15(7-12-8-23-9-24-12)19(31)25-11(3)17(29)26-14(20(32)33)4-5-16(22)28/h8-11,13-15H,4-7,21H2,1-3H3,(H2,22,28)(H,23,24)(H,25,31)(H,26,29)(H,27,30)(H,32,33). The molecule has 0 spiro atoms. The van der Waals surface area contributed by atoms with Gasteiger partial charge in [-0.2, -0.15) is 0 Å². The molecule has 4 atom stereocenters. The van der Waals surface area contributed by atoms with E-state index in [-0.39, 0.29) is 25.2 Å². The quantitative estimate of drug-likeness (QED) is 0.164. The number of nitrogens with zero attached hydrogens (tertiary/aromatic N) is 1. The Morgan fingerprint density at radius 3 is 2.18 bits per heavy atom. The van der Waals surface area contributed by atoms with E-state index in [0.717, 1.165) is 0 Å². The summed E-state index contributed by atoms with van der Waals surface area (Å²) >= 11 is 0. The van der Waals surface area contributed by atoms with Crippen molar-refractivity contribution in [1.29, 1.82) is 0 Å². The summed E-state index contributed by atoms with van der Waals surface area (Å²) < 4.78 is 0. The van der Waals surface area contributed by atoms with Gasteiger partial charge < -0.3 is 37.5 Å². The Hall–Kier alpha value is -3.48. The zero-order valence-electron chi connectivity index (χ0n) is 19.0. The van der Waals surface area contributed by atoms with Gasteiger partial charge in [0, 0.05) is 24.7 Å². The van der Waals surface area contributed by atoms with Crippen LogP contribution < -0.4 is 27.4 Å². The Labute approximate surface area is 191 Å². The van der Waals surface area contributed by atoms with Crippen molar-refractivity contribution in [1.82, 2.24) is 25.9 Å². The number of H-pyrrole nitrogens is 1. The predicted molar refractivity (Wildman–Crippen MR) is 117 cm³/mol. The van der Waals surface area contributed by atoms with Gasteiger partial charge in [-0.1, -0.05) is 13.8 Å². The maximum absolute atomic E-state index is 12.8. The van der Waals surface area contributed by atoms with Crippen LogP contribution in [0.5, 0.6) is 0 Å². The van der Waals surface area contributed by atoms with Gasteiger partial charge in [0.2, 0.25) is 23.6 Å². The van der Waals surface area contributed by atoms with E-state index in [9.17, 15) is 29.1 Å². The van der Waals surface area contributed by atoms with Crippen LogP contribution in [0.2, 0.25) is 0 Å². The molecule has 184 valence electrons. The summed E-state index contributed by atoms with van der Waals surface area (Å²) in [6, 6.07) is -4.35. The molecule has 0 aliphatic rings. The molecule has 0 saturated carbocycles. The van der Waals surface area contributed by atoms with Crippen molar-refractivity contribution in [2.75, 3.05) is 0 Å². The van der Waals surface area contributed by atoms with E-state index >= 15 is 0 Å². The number of carbonyl (C=O) groups is 5. The van der Waals surface area contributed by atoms with Gasteiger partial charge in [-0.05, 0) is 25.7 Å². The van der Waals surface area contributed by atoms with Crippen molar-refractivity contribution in [3.05, 3.63) is 18.2 Å². The molecule has 9 N–H and O–H groups in total. The molecule has 0 fully saturated rings. The summed E-state index contributed by atoms with van der Waals surface area (Å²) in [7, 11) is 0. The third-order valence-corrected chi connectivity index (χ3v) is 4.72. The fraction of sp³-hybridized carbons (Fsp3) is 0.600. The van der Waals surface area contributed by atoms with Crippen molar-refractivity contribution in [2.45, 2.75) is 70.6 Å².